The third kappa shape index (κ3) is 2.97. The van der Waals surface area contributed by atoms with Crippen molar-refractivity contribution in [1.29, 1.82) is 0 Å². The van der Waals surface area contributed by atoms with Gasteiger partial charge in [0, 0.05) is 31.4 Å². The van der Waals surface area contributed by atoms with Crippen LogP contribution >= 0.6 is 0 Å². The van der Waals surface area contributed by atoms with Crippen LogP contribution < -0.4 is 4.90 Å². The fourth-order valence-electron chi connectivity index (χ4n) is 5.11. The summed E-state index contributed by atoms with van der Waals surface area (Å²) in [5.74, 6) is 0.309. The number of carbonyl (C=O) groups excluding carboxylic acids is 1. The number of nitrogens with zero attached hydrogens (tertiary/aromatic N) is 3. The second-order valence-electron chi connectivity index (χ2n) is 8.12. The smallest absolute Gasteiger partial charge is 0.230 e. The molecule has 2 aliphatic heterocycles. The van der Waals surface area contributed by atoms with Gasteiger partial charge in [-0.2, -0.15) is 0 Å². The number of anilines is 1. The first kappa shape index (κ1) is 17.4. The topological polar surface area (TPSA) is 48.1 Å². The summed E-state index contributed by atoms with van der Waals surface area (Å²) in [6.07, 6.45) is 6.15. The molecule has 3 fully saturated rings. The Morgan fingerprint density at radius 2 is 1.88 bits per heavy atom. The van der Waals surface area contributed by atoms with Gasteiger partial charge in [-0.1, -0.05) is 18.2 Å². The number of likely N-dealkylation sites (tertiary alicyclic amines) is 1. The number of para-hydroxylation sites is 2. The van der Waals surface area contributed by atoms with E-state index < -0.39 is 0 Å². The highest BCUT2D eigenvalue weighted by Gasteiger charge is 2.50. The van der Waals surface area contributed by atoms with Crippen molar-refractivity contribution >= 4 is 17.3 Å². The molecule has 26 heavy (non-hydrogen) atoms. The van der Waals surface area contributed by atoms with E-state index in [0.717, 1.165) is 70.3 Å². The lowest BCUT2D eigenvalue weighted by atomic mass is 9.78. The number of hydrogen-bond donors (Lipinski definition) is 1. The first-order valence-corrected chi connectivity index (χ1v) is 9.83. The molecule has 1 N–H and O–H groups in total. The second kappa shape index (κ2) is 6.92. The Labute approximate surface area is 155 Å². The molecule has 1 aliphatic carbocycles. The number of carbonyl (C=O) groups is 1. The van der Waals surface area contributed by atoms with Crippen LogP contribution in [0.2, 0.25) is 0 Å². The van der Waals surface area contributed by atoms with Crippen molar-refractivity contribution in [2.24, 2.45) is 5.41 Å². The van der Waals surface area contributed by atoms with Crippen LogP contribution in [-0.4, -0.2) is 47.7 Å². The van der Waals surface area contributed by atoms with Crippen molar-refractivity contribution in [2.45, 2.75) is 57.1 Å². The van der Waals surface area contributed by atoms with Crippen LogP contribution in [0.1, 0.15) is 44.9 Å². The molecular formula is C21H27N3O2. The van der Waals surface area contributed by atoms with Crippen LogP contribution in [0, 0.1) is 12.0 Å². The molecule has 1 spiro atoms. The van der Waals surface area contributed by atoms with E-state index in [9.17, 15) is 9.90 Å². The standard InChI is InChI=1S/C21H27N3O2/c1-22-18-5-2-3-6-19(18)23-13-4-11-21(15-23)12-14-24(20(21)26)16-7-9-17(25)10-8-16/h2-3,5-6,16-17,25H,4,7-15H2/t16?,17?,21-/m0/s1. The SMILES string of the molecule is [C-]#[N+]c1ccccc1N1CCC[C@]2(CCN(C3CCC(O)CC3)C2=O)C1. The van der Waals surface area contributed by atoms with Crippen LogP contribution in [0.3, 0.4) is 0 Å². The minimum atomic E-state index is -0.288. The summed E-state index contributed by atoms with van der Waals surface area (Å²) in [6, 6.07) is 8.04. The molecule has 0 radical (unpaired) electrons. The number of rotatable bonds is 2. The fourth-order valence-corrected chi connectivity index (χ4v) is 5.11. The van der Waals surface area contributed by atoms with Gasteiger partial charge in [-0.3, -0.25) is 4.79 Å². The molecule has 0 aromatic heterocycles. The summed E-state index contributed by atoms with van der Waals surface area (Å²) in [7, 11) is 0. The highest BCUT2D eigenvalue weighted by atomic mass is 16.3. The van der Waals surface area contributed by atoms with Crippen LogP contribution in [0.4, 0.5) is 11.4 Å². The number of aliphatic hydroxyl groups is 1. The van der Waals surface area contributed by atoms with Gasteiger partial charge >= 0.3 is 0 Å². The molecule has 5 nitrogen and oxygen atoms in total. The molecule has 0 bridgehead atoms. The molecule has 2 saturated heterocycles. The first-order valence-electron chi connectivity index (χ1n) is 9.83. The summed E-state index contributed by atoms with van der Waals surface area (Å²) in [5, 5.41) is 9.75. The maximum absolute atomic E-state index is 13.4. The van der Waals surface area contributed by atoms with Gasteiger partial charge in [0.15, 0.2) is 0 Å². The maximum Gasteiger partial charge on any atom is 0.230 e. The van der Waals surface area contributed by atoms with E-state index >= 15 is 0 Å². The zero-order valence-electron chi connectivity index (χ0n) is 15.2. The van der Waals surface area contributed by atoms with E-state index in [-0.39, 0.29) is 11.5 Å². The van der Waals surface area contributed by atoms with Crippen LogP contribution in [0.15, 0.2) is 24.3 Å². The molecule has 1 saturated carbocycles. The lowest BCUT2D eigenvalue weighted by Gasteiger charge is -2.41. The van der Waals surface area contributed by atoms with Gasteiger partial charge in [-0.05, 0) is 51.0 Å². The minimum Gasteiger partial charge on any atom is -0.393 e. The minimum absolute atomic E-state index is 0.187. The van der Waals surface area contributed by atoms with Gasteiger partial charge in [0.25, 0.3) is 0 Å². The molecule has 1 amide bonds. The zero-order valence-corrected chi connectivity index (χ0v) is 15.2. The summed E-state index contributed by atoms with van der Waals surface area (Å²) in [5.41, 5.74) is 1.35. The van der Waals surface area contributed by atoms with E-state index in [1.807, 2.05) is 24.3 Å². The number of hydrogen-bond acceptors (Lipinski definition) is 3. The summed E-state index contributed by atoms with van der Waals surface area (Å²) in [6.45, 7) is 9.91. The Hall–Kier alpha value is -2.06. The molecule has 1 aromatic rings. The van der Waals surface area contributed by atoms with Gasteiger partial charge in [-0.15, -0.1) is 0 Å². The molecule has 1 aromatic carbocycles. The molecule has 4 rings (SSSR count). The van der Waals surface area contributed by atoms with Crippen molar-refractivity contribution in [3.8, 4) is 0 Å². The van der Waals surface area contributed by atoms with Gasteiger partial charge in [0.05, 0.1) is 18.1 Å². The number of piperidine rings is 1. The molecule has 5 heteroatoms. The number of amides is 1. The Kier molecular flexibility index (Phi) is 4.62. The largest absolute Gasteiger partial charge is 0.393 e. The predicted molar refractivity (Wildman–Crippen MR) is 101 cm³/mol. The average molecular weight is 353 g/mol. The van der Waals surface area contributed by atoms with Crippen molar-refractivity contribution in [1.82, 2.24) is 4.90 Å². The van der Waals surface area contributed by atoms with Crippen LogP contribution in [-0.2, 0) is 4.79 Å². The number of benzene rings is 1. The molecule has 0 unspecified atom stereocenters. The normalized spacial score (nSPS) is 32.1. The zero-order chi connectivity index (χ0) is 18.1. The van der Waals surface area contributed by atoms with E-state index in [0.29, 0.717) is 17.6 Å². The second-order valence-corrected chi connectivity index (χ2v) is 8.12. The van der Waals surface area contributed by atoms with Gasteiger partial charge in [0.2, 0.25) is 11.6 Å². The van der Waals surface area contributed by atoms with E-state index in [1.165, 1.54) is 0 Å². The van der Waals surface area contributed by atoms with E-state index in [4.69, 9.17) is 6.57 Å². The Balaban J connectivity index is 1.52. The fraction of sp³-hybridized carbons (Fsp3) is 0.619. The van der Waals surface area contributed by atoms with Gasteiger partial charge < -0.3 is 14.9 Å². The average Bonchev–Trinajstić information content (AvgIpc) is 2.98. The third-order valence-electron chi connectivity index (χ3n) is 6.57. The maximum atomic E-state index is 13.4. The third-order valence-corrected chi connectivity index (χ3v) is 6.57. The summed E-state index contributed by atoms with van der Waals surface area (Å²) >= 11 is 0. The van der Waals surface area contributed by atoms with Crippen molar-refractivity contribution in [3.63, 3.8) is 0 Å². The van der Waals surface area contributed by atoms with Crippen LogP contribution in [0.5, 0.6) is 0 Å². The monoisotopic (exact) mass is 353 g/mol. The van der Waals surface area contributed by atoms with Crippen molar-refractivity contribution in [2.75, 3.05) is 24.5 Å². The van der Waals surface area contributed by atoms with Crippen LogP contribution in [0.25, 0.3) is 4.85 Å². The van der Waals surface area contributed by atoms with Crippen molar-refractivity contribution < 1.29 is 9.90 Å². The summed E-state index contributed by atoms with van der Waals surface area (Å²) in [4.78, 5) is 21.4. The Morgan fingerprint density at radius 3 is 2.65 bits per heavy atom. The highest BCUT2D eigenvalue weighted by Crippen LogP contribution is 2.44. The van der Waals surface area contributed by atoms with E-state index in [2.05, 4.69) is 14.6 Å². The van der Waals surface area contributed by atoms with E-state index in [1.54, 1.807) is 0 Å². The lowest BCUT2D eigenvalue weighted by Crippen LogP contribution is -2.50. The number of aliphatic hydroxyl groups excluding tert-OH is 1. The Bertz CT molecular complexity index is 720. The molecule has 3 aliphatic rings. The molecule has 1 atom stereocenters. The highest BCUT2D eigenvalue weighted by molar-refractivity contribution is 5.86. The van der Waals surface area contributed by atoms with Gasteiger partial charge in [0.1, 0.15) is 0 Å². The predicted octanol–water partition coefficient (Wildman–Crippen LogP) is 3.36. The molecule has 2 heterocycles. The molecular weight excluding hydrogens is 326 g/mol. The molecule has 138 valence electrons. The van der Waals surface area contributed by atoms with Gasteiger partial charge in [-0.25, -0.2) is 4.85 Å². The lowest BCUT2D eigenvalue weighted by molar-refractivity contribution is -0.139. The van der Waals surface area contributed by atoms with Crippen molar-refractivity contribution in [3.05, 3.63) is 35.7 Å². The summed E-state index contributed by atoms with van der Waals surface area (Å²) < 4.78 is 0. The first-order chi connectivity index (χ1) is 12.6. The quantitative estimate of drug-likeness (QED) is 0.830. The Morgan fingerprint density at radius 1 is 1.12 bits per heavy atom.